The molecular weight excluding hydrogens is 1150 g/mol. The first-order valence-corrected chi connectivity index (χ1v) is 43.9. The van der Waals surface area contributed by atoms with Gasteiger partial charge in [0.1, 0.15) is 0 Å². The molecule has 0 radical (unpaired) electrons. The Morgan fingerprint density at radius 3 is 0.755 bits per heavy atom. The number of ether oxygens (including phenoxy) is 1. The molecule has 0 fully saturated rings. The molecule has 560 valence electrons. The lowest BCUT2D eigenvalue weighted by atomic mass is 10.0. The third-order valence-corrected chi connectivity index (χ3v) is 21.1. The maximum absolute atomic E-state index is 12.6. The van der Waals surface area contributed by atoms with Crippen LogP contribution in [0.5, 0.6) is 0 Å². The molecule has 3 N–H and O–H groups in total. The van der Waals surface area contributed by atoms with Crippen molar-refractivity contribution >= 4 is 11.9 Å². The topological polar surface area (TPSA) is 95.9 Å². The van der Waals surface area contributed by atoms with Gasteiger partial charge in [-0.2, -0.15) is 0 Å². The number of carbonyl (C=O) groups is 2. The van der Waals surface area contributed by atoms with Crippen LogP contribution in [0.1, 0.15) is 515 Å². The molecule has 0 saturated heterocycles. The van der Waals surface area contributed by atoms with Crippen LogP contribution in [-0.4, -0.2) is 47.4 Å². The maximum atomic E-state index is 12.6. The molecule has 0 aromatic rings. The quantitative estimate of drug-likeness (QED) is 0.0320. The number of hydrogen-bond donors (Lipinski definition) is 3. The van der Waals surface area contributed by atoms with Crippen LogP contribution in [-0.2, 0) is 14.3 Å². The molecule has 0 aromatic carbocycles. The van der Waals surface area contributed by atoms with E-state index in [1.165, 1.54) is 437 Å². The molecule has 6 heteroatoms. The molecule has 1 amide bonds. The van der Waals surface area contributed by atoms with E-state index in [4.69, 9.17) is 4.74 Å². The number of rotatable bonds is 84. The second kappa shape index (κ2) is 84.0. The summed E-state index contributed by atoms with van der Waals surface area (Å²) >= 11 is 0. The average Bonchev–Trinajstić information content (AvgIpc) is 3.59. The highest BCUT2D eigenvalue weighted by atomic mass is 16.5. The summed E-state index contributed by atoms with van der Waals surface area (Å²) in [5.41, 5.74) is 0. The number of carbonyl (C=O) groups excluding carboxylic acids is 2. The lowest BCUT2D eigenvalue weighted by Gasteiger charge is -2.22. The van der Waals surface area contributed by atoms with Gasteiger partial charge in [0, 0.05) is 12.8 Å². The van der Waals surface area contributed by atoms with Crippen LogP contribution in [0.4, 0.5) is 0 Å². The zero-order valence-corrected chi connectivity index (χ0v) is 64.5. The second-order valence-electron chi connectivity index (χ2n) is 30.6. The van der Waals surface area contributed by atoms with Gasteiger partial charge in [-0.15, -0.1) is 0 Å². The number of nitrogens with one attached hydrogen (secondary N) is 1. The van der Waals surface area contributed by atoms with Crippen molar-refractivity contribution in [2.75, 3.05) is 13.2 Å². The number of allylic oxidation sites excluding steroid dienone is 2. The number of esters is 1. The van der Waals surface area contributed by atoms with Crippen molar-refractivity contribution in [3.8, 4) is 0 Å². The van der Waals surface area contributed by atoms with Crippen LogP contribution < -0.4 is 5.32 Å². The van der Waals surface area contributed by atoms with Crippen LogP contribution >= 0.6 is 0 Å². The normalized spacial score (nSPS) is 12.4. The van der Waals surface area contributed by atoms with Gasteiger partial charge in [0.25, 0.3) is 0 Å². The molecule has 0 saturated carbocycles. The molecule has 0 aliphatic heterocycles. The fraction of sp³-hybridized carbons (Fsp3) is 0.955. The number of aliphatic hydroxyl groups is 2. The summed E-state index contributed by atoms with van der Waals surface area (Å²) in [6, 6.07) is -0.538. The van der Waals surface area contributed by atoms with E-state index in [1.54, 1.807) is 0 Å². The summed E-state index contributed by atoms with van der Waals surface area (Å²) in [5.74, 6) is -0.00549. The van der Waals surface area contributed by atoms with Crippen LogP contribution in [0.15, 0.2) is 12.2 Å². The Morgan fingerprint density at radius 1 is 0.287 bits per heavy atom. The zero-order chi connectivity index (χ0) is 67.7. The molecule has 94 heavy (non-hydrogen) atoms. The van der Waals surface area contributed by atoms with Gasteiger partial charge in [0.15, 0.2) is 0 Å². The van der Waals surface area contributed by atoms with Crippen molar-refractivity contribution in [1.29, 1.82) is 0 Å². The third-order valence-electron chi connectivity index (χ3n) is 21.1. The van der Waals surface area contributed by atoms with Crippen molar-refractivity contribution in [1.82, 2.24) is 5.32 Å². The highest BCUT2D eigenvalue weighted by Gasteiger charge is 2.20. The maximum Gasteiger partial charge on any atom is 0.305 e. The molecule has 0 aliphatic rings. The van der Waals surface area contributed by atoms with Crippen molar-refractivity contribution in [3.63, 3.8) is 0 Å². The van der Waals surface area contributed by atoms with Gasteiger partial charge in [-0.25, -0.2) is 0 Å². The van der Waals surface area contributed by atoms with Crippen LogP contribution in [0.25, 0.3) is 0 Å². The van der Waals surface area contributed by atoms with Gasteiger partial charge in [-0.3, -0.25) is 9.59 Å². The number of aliphatic hydroxyl groups excluding tert-OH is 2. The van der Waals surface area contributed by atoms with E-state index in [-0.39, 0.29) is 18.5 Å². The summed E-state index contributed by atoms with van der Waals surface area (Å²) in [5, 5.41) is 23.5. The first-order chi connectivity index (χ1) is 46.5. The molecule has 0 aliphatic carbocycles. The fourth-order valence-corrected chi connectivity index (χ4v) is 14.4. The van der Waals surface area contributed by atoms with Crippen molar-refractivity contribution in [2.24, 2.45) is 0 Å². The number of amides is 1. The minimum Gasteiger partial charge on any atom is -0.466 e. The highest BCUT2D eigenvalue weighted by Crippen LogP contribution is 2.21. The third kappa shape index (κ3) is 79.6. The Kier molecular flexibility index (Phi) is 82.8. The van der Waals surface area contributed by atoms with Crippen LogP contribution in [0, 0.1) is 0 Å². The SMILES string of the molecule is CCCCCCCC/C=C\CCCCCCCC(=O)OCCCCCCCCCCCCCCCCCCCCCCCCCCCCCCCCCCCCCCCC(=O)NC(CO)C(O)CCCCCCCCCCCCCCCCCCCCCCCCCCC. The molecule has 2 atom stereocenters. The lowest BCUT2D eigenvalue weighted by Crippen LogP contribution is -2.45. The van der Waals surface area contributed by atoms with Crippen LogP contribution in [0.2, 0.25) is 0 Å². The number of hydrogen-bond acceptors (Lipinski definition) is 5. The first kappa shape index (κ1) is 92.6. The standard InChI is InChI=1S/C88H173NO5/c1-3-5-7-9-11-13-15-17-19-20-21-22-23-37-40-43-46-49-53-56-60-64-68-72-76-80-86(91)85(84-90)89-87(92)81-77-73-69-65-61-57-54-50-47-44-41-38-35-33-31-29-27-25-24-26-28-30-32-34-36-39-42-45-48-51-55-59-63-67-71-75-79-83-94-88(93)82-78-74-70-66-62-58-52-18-16-14-12-10-8-6-4-2/h18,52,85-86,90-91H,3-17,19-51,53-84H2,1-2H3,(H,89,92)/b52-18-. The summed E-state index contributed by atoms with van der Waals surface area (Å²) in [6.07, 6.45) is 108. The Labute approximate surface area is 590 Å². The summed E-state index contributed by atoms with van der Waals surface area (Å²) in [4.78, 5) is 24.7. The van der Waals surface area contributed by atoms with Gasteiger partial charge in [-0.1, -0.05) is 463 Å². The van der Waals surface area contributed by atoms with Crippen molar-refractivity contribution in [2.45, 2.75) is 527 Å². The Hall–Kier alpha value is -1.40. The summed E-state index contributed by atoms with van der Waals surface area (Å²) in [6.45, 7) is 5.01. The van der Waals surface area contributed by atoms with Gasteiger partial charge >= 0.3 is 5.97 Å². The predicted octanol–water partition coefficient (Wildman–Crippen LogP) is 29.4. The first-order valence-electron chi connectivity index (χ1n) is 43.9. The van der Waals surface area contributed by atoms with Crippen molar-refractivity contribution in [3.05, 3.63) is 12.2 Å². The van der Waals surface area contributed by atoms with Gasteiger partial charge in [0.05, 0.1) is 25.4 Å². The zero-order valence-electron chi connectivity index (χ0n) is 64.5. The van der Waals surface area contributed by atoms with Gasteiger partial charge in [-0.05, 0) is 51.4 Å². The molecule has 2 unspecified atom stereocenters. The minimum atomic E-state index is -0.661. The largest absolute Gasteiger partial charge is 0.466 e. The lowest BCUT2D eigenvalue weighted by molar-refractivity contribution is -0.143. The predicted molar refractivity (Wildman–Crippen MR) is 417 cm³/mol. The molecular formula is C88H173NO5. The van der Waals surface area contributed by atoms with Gasteiger partial charge < -0.3 is 20.3 Å². The molecule has 0 aromatic heterocycles. The number of unbranched alkanes of at least 4 members (excludes halogenated alkanes) is 71. The van der Waals surface area contributed by atoms with E-state index in [9.17, 15) is 19.8 Å². The Morgan fingerprint density at radius 2 is 0.500 bits per heavy atom. The van der Waals surface area contributed by atoms with E-state index in [0.29, 0.717) is 25.9 Å². The smallest absolute Gasteiger partial charge is 0.305 e. The van der Waals surface area contributed by atoms with E-state index < -0.39 is 12.1 Å². The second-order valence-corrected chi connectivity index (χ2v) is 30.6. The molecule has 6 nitrogen and oxygen atoms in total. The molecule has 0 rings (SSSR count). The van der Waals surface area contributed by atoms with Crippen molar-refractivity contribution < 1.29 is 24.5 Å². The van der Waals surface area contributed by atoms with E-state index in [0.717, 1.165) is 44.9 Å². The van der Waals surface area contributed by atoms with E-state index in [2.05, 4.69) is 31.3 Å². The monoisotopic (exact) mass is 1320 g/mol. The Bertz CT molecular complexity index is 1430. The van der Waals surface area contributed by atoms with Crippen LogP contribution in [0.3, 0.4) is 0 Å². The summed E-state index contributed by atoms with van der Waals surface area (Å²) in [7, 11) is 0. The van der Waals surface area contributed by atoms with E-state index in [1.807, 2.05) is 0 Å². The fourth-order valence-electron chi connectivity index (χ4n) is 14.4. The average molecular weight is 1330 g/mol. The molecule has 0 heterocycles. The Balaban J connectivity index is 3.31. The highest BCUT2D eigenvalue weighted by molar-refractivity contribution is 5.76. The van der Waals surface area contributed by atoms with Gasteiger partial charge in [0.2, 0.25) is 5.91 Å². The summed E-state index contributed by atoms with van der Waals surface area (Å²) < 4.78 is 5.50. The minimum absolute atomic E-state index is 0.0168. The van der Waals surface area contributed by atoms with E-state index >= 15 is 0 Å². The molecule has 0 spiro atoms. The molecule has 0 bridgehead atoms.